The predicted molar refractivity (Wildman–Crippen MR) is 256 cm³/mol. The lowest BCUT2D eigenvalue weighted by Gasteiger charge is -2.38. The van der Waals surface area contributed by atoms with Crippen LogP contribution in [0.5, 0.6) is 11.5 Å². The van der Waals surface area contributed by atoms with Crippen molar-refractivity contribution in [1.82, 2.24) is 9.97 Å². The first kappa shape index (κ1) is 45.2. The van der Waals surface area contributed by atoms with E-state index < -0.39 is 37.7 Å². The summed E-state index contributed by atoms with van der Waals surface area (Å²) >= 11 is 12.4. The molecule has 0 aliphatic carbocycles. The minimum absolute atomic E-state index is 0.0254. The second kappa shape index (κ2) is 17.9. The molecule has 336 valence electrons. The lowest BCUT2D eigenvalue weighted by molar-refractivity contribution is 0.102. The molecule has 8 rings (SSSR count). The Kier molecular flexibility index (Phi) is 12.7. The van der Waals surface area contributed by atoms with E-state index in [4.69, 9.17) is 42.6 Å². The van der Waals surface area contributed by atoms with Crippen LogP contribution in [0.3, 0.4) is 0 Å². The molecular formula is C47H50Cl2N6O7S2. The number of carbonyl (C=O) groups is 1. The van der Waals surface area contributed by atoms with Crippen molar-refractivity contribution in [3.63, 3.8) is 0 Å². The number of sulfone groups is 2. The lowest BCUT2D eigenvalue weighted by atomic mass is 9.98. The number of ether oxygens (including phenoxy) is 2. The van der Waals surface area contributed by atoms with Crippen molar-refractivity contribution in [1.29, 1.82) is 0 Å². The van der Waals surface area contributed by atoms with E-state index in [0.29, 0.717) is 73.8 Å². The fraction of sp³-hybridized carbons (Fsp3) is 0.340. The van der Waals surface area contributed by atoms with Crippen molar-refractivity contribution in [2.24, 2.45) is 0 Å². The van der Waals surface area contributed by atoms with Gasteiger partial charge in [0, 0.05) is 85.7 Å². The maximum absolute atomic E-state index is 15.4. The normalized spacial score (nSPS) is 15.2. The number of hydrogen-bond acceptors (Lipinski definition) is 13. The molecule has 64 heavy (non-hydrogen) atoms. The first-order valence-corrected chi connectivity index (χ1v) is 25.6. The molecule has 0 saturated carbocycles. The Morgan fingerprint density at radius 3 is 1.23 bits per heavy atom. The van der Waals surface area contributed by atoms with Crippen molar-refractivity contribution >= 4 is 93.5 Å². The highest BCUT2D eigenvalue weighted by Crippen LogP contribution is 2.43. The highest BCUT2D eigenvalue weighted by molar-refractivity contribution is 7.91. The molecule has 2 aromatic heterocycles. The van der Waals surface area contributed by atoms with Crippen LogP contribution in [0.4, 0.5) is 23.0 Å². The van der Waals surface area contributed by atoms with E-state index in [1.54, 1.807) is 12.1 Å². The molecule has 0 radical (unpaired) electrons. The first-order chi connectivity index (χ1) is 30.3. The van der Waals surface area contributed by atoms with Crippen LogP contribution in [-0.4, -0.2) is 110 Å². The van der Waals surface area contributed by atoms with Gasteiger partial charge in [0.25, 0.3) is 0 Å². The Morgan fingerprint density at radius 2 is 0.891 bits per heavy atom. The van der Waals surface area contributed by atoms with Gasteiger partial charge < -0.3 is 29.1 Å². The van der Waals surface area contributed by atoms with Crippen LogP contribution < -0.4 is 29.1 Å². The molecule has 0 spiro atoms. The van der Waals surface area contributed by atoms with Crippen LogP contribution in [0.1, 0.15) is 43.6 Å². The summed E-state index contributed by atoms with van der Waals surface area (Å²) in [6.07, 6.45) is 1.36. The molecule has 0 amide bonds. The van der Waals surface area contributed by atoms with Gasteiger partial charge in [-0.3, -0.25) is 4.79 Å². The summed E-state index contributed by atoms with van der Waals surface area (Å²) in [5, 5.41) is 3.13. The number of halogens is 2. The summed E-state index contributed by atoms with van der Waals surface area (Å²) in [6.45, 7) is 11.3. The standard InChI is InChI=1S/C47H50Cl2N6O7S2/c1-29(2)61-46-37(25-35(63(5,57)58)27-41(46)52-15-19-54(20-16-52)43-13-7-31-23-33(48)9-11-39(31)50-43)45(56)38-26-36(64(6,59)60)28-42(47(38)62-30(3)4)53-17-21-55(22-18-53)44-14-8-32-24-34(49)10-12-40(32)51-44/h7-14,23-30H,15-22H2,1-6H3. The number of benzene rings is 4. The first-order valence-electron chi connectivity index (χ1n) is 21.1. The summed E-state index contributed by atoms with van der Waals surface area (Å²) in [6, 6.07) is 24.8. The number of aromatic nitrogens is 2. The molecular weight excluding hydrogens is 896 g/mol. The van der Waals surface area contributed by atoms with E-state index in [2.05, 4.69) is 9.80 Å². The SMILES string of the molecule is CC(C)Oc1c(C(=O)c2cc(S(C)(=O)=O)cc(N3CCN(c4ccc5cc(Cl)ccc5n4)CC3)c2OC(C)C)cc(S(C)(=O)=O)cc1N1CCN(c2ccc3cc(Cl)ccc3n2)CC1. The van der Waals surface area contributed by atoms with E-state index >= 15 is 4.79 Å². The minimum Gasteiger partial charge on any atom is -0.488 e. The monoisotopic (exact) mass is 944 g/mol. The molecule has 0 bridgehead atoms. The van der Waals surface area contributed by atoms with Crippen LogP contribution in [0, 0.1) is 0 Å². The number of carbonyl (C=O) groups excluding carboxylic acids is 1. The molecule has 4 heterocycles. The molecule has 2 aliphatic heterocycles. The number of ketones is 1. The number of fused-ring (bicyclic) bond motifs is 2. The third kappa shape index (κ3) is 9.68. The number of piperazine rings is 2. The summed E-state index contributed by atoms with van der Waals surface area (Å²) in [5.41, 5.74) is 2.46. The van der Waals surface area contributed by atoms with Gasteiger partial charge in [0.2, 0.25) is 5.78 Å². The van der Waals surface area contributed by atoms with Crippen LogP contribution in [-0.2, 0) is 19.7 Å². The van der Waals surface area contributed by atoms with Gasteiger partial charge in [-0.05, 0) is 113 Å². The van der Waals surface area contributed by atoms with Gasteiger partial charge in [-0.15, -0.1) is 0 Å². The molecule has 6 aromatic rings. The molecule has 17 heteroatoms. The molecule has 4 aromatic carbocycles. The van der Waals surface area contributed by atoms with Gasteiger partial charge >= 0.3 is 0 Å². The summed E-state index contributed by atoms with van der Waals surface area (Å²) in [5.74, 6) is 1.35. The maximum atomic E-state index is 15.4. The molecule has 0 unspecified atom stereocenters. The summed E-state index contributed by atoms with van der Waals surface area (Å²) < 4.78 is 66.7. The van der Waals surface area contributed by atoms with E-state index in [0.717, 1.165) is 46.0 Å². The van der Waals surface area contributed by atoms with Gasteiger partial charge in [-0.1, -0.05) is 23.2 Å². The Morgan fingerprint density at radius 1 is 0.531 bits per heavy atom. The largest absolute Gasteiger partial charge is 0.488 e. The molecule has 0 atom stereocenters. The van der Waals surface area contributed by atoms with Crippen molar-refractivity contribution in [3.05, 3.63) is 106 Å². The third-order valence-electron chi connectivity index (χ3n) is 11.3. The molecule has 13 nitrogen and oxygen atoms in total. The quantitative estimate of drug-likeness (QED) is 0.109. The van der Waals surface area contributed by atoms with Crippen LogP contribution in [0.2, 0.25) is 10.0 Å². The molecule has 0 N–H and O–H groups in total. The molecule has 2 fully saturated rings. The second-order valence-electron chi connectivity index (χ2n) is 16.8. The van der Waals surface area contributed by atoms with Crippen molar-refractivity contribution in [2.75, 3.05) is 84.5 Å². The van der Waals surface area contributed by atoms with Gasteiger partial charge in [0.15, 0.2) is 31.2 Å². The average molecular weight is 946 g/mol. The Labute approximate surface area is 384 Å². The summed E-state index contributed by atoms with van der Waals surface area (Å²) in [7, 11) is -7.74. The lowest BCUT2D eigenvalue weighted by Crippen LogP contribution is -2.47. The molecule has 2 saturated heterocycles. The number of hydrogen-bond donors (Lipinski definition) is 0. The van der Waals surface area contributed by atoms with Gasteiger partial charge in [-0.2, -0.15) is 0 Å². The zero-order chi connectivity index (χ0) is 45.7. The highest BCUT2D eigenvalue weighted by Gasteiger charge is 2.33. The topological polar surface area (TPSA) is 143 Å². The van der Waals surface area contributed by atoms with E-state index in [-0.39, 0.29) is 32.4 Å². The second-order valence-corrected chi connectivity index (χ2v) is 21.7. The zero-order valence-corrected chi connectivity index (χ0v) is 39.7. The van der Waals surface area contributed by atoms with E-state index in [9.17, 15) is 16.8 Å². The van der Waals surface area contributed by atoms with Gasteiger partial charge in [0.05, 0.1) is 55.5 Å². The predicted octanol–water partition coefficient (Wildman–Crippen LogP) is 8.36. The smallest absolute Gasteiger partial charge is 0.200 e. The fourth-order valence-electron chi connectivity index (χ4n) is 8.15. The fourth-order valence-corrected chi connectivity index (χ4v) is 9.83. The third-order valence-corrected chi connectivity index (χ3v) is 14.0. The van der Waals surface area contributed by atoms with Gasteiger partial charge in [0.1, 0.15) is 11.6 Å². The minimum atomic E-state index is -3.87. The van der Waals surface area contributed by atoms with E-state index in [1.165, 1.54) is 12.1 Å². The maximum Gasteiger partial charge on any atom is 0.200 e. The number of nitrogens with zero attached hydrogens (tertiary/aromatic N) is 6. The number of pyridine rings is 2. The van der Waals surface area contributed by atoms with Crippen molar-refractivity contribution < 1.29 is 31.1 Å². The van der Waals surface area contributed by atoms with Crippen LogP contribution in [0.25, 0.3) is 21.8 Å². The summed E-state index contributed by atoms with van der Waals surface area (Å²) in [4.78, 5) is 33.3. The Bertz CT molecular complexity index is 2810. The highest BCUT2D eigenvalue weighted by atomic mass is 35.5. The zero-order valence-electron chi connectivity index (χ0n) is 36.5. The van der Waals surface area contributed by atoms with Crippen LogP contribution >= 0.6 is 23.2 Å². The number of anilines is 4. The van der Waals surface area contributed by atoms with E-state index in [1.807, 2.05) is 98.2 Å². The number of rotatable bonds is 12. The van der Waals surface area contributed by atoms with Crippen molar-refractivity contribution in [3.8, 4) is 11.5 Å². The van der Waals surface area contributed by atoms with Crippen LogP contribution in [0.15, 0.2) is 94.7 Å². The van der Waals surface area contributed by atoms with Crippen molar-refractivity contribution in [2.45, 2.75) is 49.7 Å². The molecule has 2 aliphatic rings. The van der Waals surface area contributed by atoms with Gasteiger partial charge in [-0.25, -0.2) is 26.8 Å². The average Bonchev–Trinajstić information content (AvgIpc) is 3.25. The Balaban J connectivity index is 1.17. The Hall–Kier alpha value is -5.35.